The molecule has 0 aromatic heterocycles. The van der Waals surface area contributed by atoms with Crippen molar-refractivity contribution >= 4 is 21.8 Å². The number of aryl methyl sites for hydroxylation is 1. The Kier molecular flexibility index (Phi) is 4.27. The molecule has 1 rings (SSSR count). The van der Waals surface area contributed by atoms with Gasteiger partial charge in [-0.05, 0) is 25.5 Å². The summed E-state index contributed by atoms with van der Waals surface area (Å²) in [5, 5.41) is 2.91. The molecule has 0 heterocycles. The van der Waals surface area contributed by atoms with Gasteiger partial charge in [0.05, 0.1) is 11.4 Å². The second kappa shape index (κ2) is 5.26. The number of rotatable bonds is 3. The monoisotopic (exact) mass is 273 g/mol. The molecule has 0 saturated heterocycles. The molecule has 4 heteroatoms. The standard InChI is InChI=1S/C11H13BrFNO/c1-7-3-4-9(10(13)5-7)8(2)14-11(15)6-12/h3-5,8H,6H2,1-2H3,(H,14,15). The fraction of sp³-hybridized carbons (Fsp3) is 0.364. The number of nitrogens with one attached hydrogen (secondary N) is 1. The third kappa shape index (κ3) is 3.30. The summed E-state index contributed by atoms with van der Waals surface area (Å²) in [6, 6.07) is 4.68. The molecular weight excluding hydrogens is 261 g/mol. The van der Waals surface area contributed by atoms with Gasteiger partial charge in [0, 0.05) is 5.56 Å². The number of carbonyl (C=O) groups excluding carboxylic acids is 1. The molecular formula is C11H13BrFNO. The number of hydrogen-bond donors (Lipinski definition) is 1. The van der Waals surface area contributed by atoms with Gasteiger partial charge in [-0.25, -0.2) is 4.39 Å². The Morgan fingerprint density at radius 1 is 1.60 bits per heavy atom. The number of hydrogen-bond acceptors (Lipinski definition) is 1. The Balaban J connectivity index is 2.82. The van der Waals surface area contributed by atoms with Crippen molar-refractivity contribution < 1.29 is 9.18 Å². The van der Waals surface area contributed by atoms with E-state index >= 15 is 0 Å². The van der Waals surface area contributed by atoms with E-state index in [1.165, 1.54) is 6.07 Å². The van der Waals surface area contributed by atoms with E-state index in [0.717, 1.165) is 5.56 Å². The molecule has 82 valence electrons. The first kappa shape index (κ1) is 12.2. The number of alkyl halides is 1. The highest BCUT2D eigenvalue weighted by Crippen LogP contribution is 2.17. The lowest BCUT2D eigenvalue weighted by Crippen LogP contribution is -2.27. The van der Waals surface area contributed by atoms with Crippen molar-refractivity contribution in [2.24, 2.45) is 0 Å². The third-order valence-corrected chi connectivity index (χ3v) is 2.63. The second-order valence-corrected chi connectivity index (χ2v) is 4.01. The van der Waals surface area contributed by atoms with Crippen molar-refractivity contribution in [3.63, 3.8) is 0 Å². The minimum Gasteiger partial charge on any atom is -0.349 e. The van der Waals surface area contributed by atoms with Crippen LogP contribution in [-0.4, -0.2) is 11.2 Å². The van der Waals surface area contributed by atoms with Crippen molar-refractivity contribution in [3.05, 3.63) is 35.1 Å². The van der Waals surface area contributed by atoms with Crippen molar-refractivity contribution in [2.45, 2.75) is 19.9 Å². The summed E-state index contributed by atoms with van der Waals surface area (Å²) in [7, 11) is 0. The van der Waals surface area contributed by atoms with Gasteiger partial charge in [-0.2, -0.15) is 0 Å². The average Bonchev–Trinajstić information content (AvgIpc) is 2.17. The van der Waals surface area contributed by atoms with Crippen molar-refractivity contribution in [2.75, 3.05) is 5.33 Å². The maximum Gasteiger partial charge on any atom is 0.231 e. The summed E-state index contributed by atoms with van der Waals surface area (Å²) in [5.74, 6) is -0.431. The van der Waals surface area contributed by atoms with Gasteiger partial charge in [0.1, 0.15) is 5.82 Å². The van der Waals surface area contributed by atoms with E-state index < -0.39 is 0 Å². The highest BCUT2D eigenvalue weighted by Gasteiger charge is 2.12. The Hall–Kier alpha value is -0.900. The Bertz CT molecular complexity index is 368. The number of amides is 1. The molecule has 15 heavy (non-hydrogen) atoms. The van der Waals surface area contributed by atoms with Gasteiger partial charge in [0.15, 0.2) is 0 Å². The minimum atomic E-state index is -0.310. The predicted molar refractivity (Wildman–Crippen MR) is 61.5 cm³/mol. The van der Waals surface area contributed by atoms with Crippen LogP contribution < -0.4 is 5.32 Å². The molecule has 0 fully saturated rings. The SMILES string of the molecule is Cc1ccc(C(C)NC(=O)CBr)c(F)c1. The molecule has 1 atom stereocenters. The largest absolute Gasteiger partial charge is 0.349 e. The number of carbonyl (C=O) groups is 1. The fourth-order valence-corrected chi connectivity index (χ4v) is 1.50. The molecule has 0 spiro atoms. The van der Waals surface area contributed by atoms with E-state index in [2.05, 4.69) is 21.2 Å². The molecule has 0 radical (unpaired) electrons. The molecule has 0 aliphatic heterocycles. The maximum atomic E-state index is 13.5. The molecule has 0 bridgehead atoms. The Labute approximate surface area is 97.0 Å². The van der Waals surface area contributed by atoms with E-state index in [4.69, 9.17) is 0 Å². The number of benzene rings is 1. The van der Waals surface area contributed by atoms with E-state index in [0.29, 0.717) is 5.56 Å². The van der Waals surface area contributed by atoms with Gasteiger partial charge in [-0.3, -0.25) is 4.79 Å². The highest BCUT2D eigenvalue weighted by molar-refractivity contribution is 9.09. The topological polar surface area (TPSA) is 29.1 Å². The van der Waals surface area contributed by atoms with E-state index in [-0.39, 0.29) is 23.1 Å². The van der Waals surface area contributed by atoms with E-state index in [1.54, 1.807) is 13.0 Å². The lowest BCUT2D eigenvalue weighted by molar-refractivity contribution is -0.119. The van der Waals surface area contributed by atoms with Gasteiger partial charge in [-0.1, -0.05) is 28.1 Å². The van der Waals surface area contributed by atoms with E-state index in [1.807, 2.05) is 13.0 Å². The first-order valence-electron chi connectivity index (χ1n) is 4.66. The van der Waals surface area contributed by atoms with Crippen LogP contribution in [0.2, 0.25) is 0 Å². The molecule has 0 aliphatic rings. The minimum absolute atomic E-state index is 0.150. The fourth-order valence-electron chi connectivity index (χ4n) is 1.34. The van der Waals surface area contributed by atoms with Crippen LogP contribution in [-0.2, 0) is 4.79 Å². The first-order valence-corrected chi connectivity index (χ1v) is 5.78. The van der Waals surface area contributed by atoms with Crippen molar-refractivity contribution in [3.8, 4) is 0 Å². The molecule has 2 nitrogen and oxygen atoms in total. The van der Waals surface area contributed by atoms with Crippen molar-refractivity contribution in [1.82, 2.24) is 5.32 Å². The summed E-state index contributed by atoms with van der Waals surface area (Å²) < 4.78 is 13.5. The number of halogens is 2. The summed E-state index contributed by atoms with van der Waals surface area (Å²) in [6.07, 6.45) is 0. The summed E-state index contributed by atoms with van der Waals surface area (Å²) >= 11 is 3.04. The Morgan fingerprint density at radius 2 is 2.27 bits per heavy atom. The van der Waals surface area contributed by atoms with Gasteiger partial charge in [0.25, 0.3) is 0 Å². The molecule has 1 unspecified atom stereocenters. The molecule has 0 saturated carbocycles. The van der Waals surface area contributed by atoms with E-state index in [9.17, 15) is 9.18 Å². The zero-order chi connectivity index (χ0) is 11.4. The normalized spacial score (nSPS) is 12.3. The van der Waals surface area contributed by atoms with Crippen molar-refractivity contribution in [1.29, 1.82) is 0 Å². The van der Waals surface area contributed by atoms with Gasteiger partial charge < -0.3 is 5.32 Å². The second-order valence-electron chi connectivity index (χ2n) is 3.45. The average molecular weight is 274 g/mol. The zero-order valence-electron chi connectivity index (χ0n) is 8.68. The van der Waals surface area contributed by atoms with Crippen LogP contribution in [0.3, 0.4) is 0 Å². The van der Waals surface area contributed by atoms with Crippen LogP contribution in [0.5, 0.6) is 0 Å². The van der Waals surface area contributed by atoms with Crippen LogP contribution >= 0.6 is 15.9 Å². The van der Waals surface area contributed by atoms with Crippen LogP contribution in [0.25, 0.3) is 0 Å². The molecule has 0 aliphatic carbocycles. The predicted octanol–water partition coefficient (Wildman–Crippen LogP) is 2.71. The molecule has 1 N–H and O–H groups in total. The highest BCUT2D eigenvalue weighted by atomic mass is 79.9. The molecule has 1 aromatic carbocycles. The van der Waals surface area contributed by atoms with Crippen LogP contribution in [0.4, 0.5) is 4.39 Å². The summed E-state index contributed by atoms with van der Waals surface area (Å²) in [4.78, 5) is 11.1. The lowest BCUT2D eigenvalue weighted by Gasteiger charge is -2.14. The first-order chi connectivity index (χ1) is 7.04. The Morgan fingerprint density at radius 3 is 2.80 bits per heavy atom. The smallest absolute Gasteiger partial charge is 0.231 e. The maximum absolute atomic E-state index is 13.5. The summed E-state index contributed by atoms with van der Waals surface area (Å²) in [6.45, 7) is 3.59. The lowest BCUT2D eigenvalue weighted by atomic mass is 10.1. The summed E-state index contributed by atoms with van der Waals surface area (Å²) in [5.41, 5.74) is 1.38. The van der Waals surface area contributed by atoms with Gasteiger partial charge in [-0.15, -0.1) is 0 Å². The van der Waals surface area contributed by atoms with Gasteiger partial charge >= 0.3 is 0 Å². The third-order valence-electron chi connectivity index (χ3n) is 2.12. The quantitative estimate of drug-likeness (QED) is 0.844. The van der Waals surface area contributed by atoms with Crippen LogP contribution in [0.1, 0.15) is 24.1 Å². The van der Waals surface area contributed by atoms with Crippen LogP contribution in [0, 0.1) is 12.7 Å². The zero-order valence-corrected chi connectivity index (χ0v) is 10.3. The molecule has 1 amide bonds. The van der Waals surface area contributed by atoms with Crippen LogP contribution in [0.15, 0.2) is 18.2 Å². The van der Waals surface area contributed by atoms with Gasteiger partial charge in [0.2, 0.25) is 5.91 Å². The molecule has 1 aromatic rings.